The Morgan fingerprint density at radius 2 is 1.70 bits per heavy atom. The van der Waals surface area contributed by atoms with Crippen LogP contribution in [0.5, 0.6) is 0 Å². The summed E-state index contributed by atoms with van der Waals surface area (Å²) in [5.74, 6) is -1.59. The number of carbonyl (C=O) groups excluding carboxylic acids is 1. The molecular weight excluding hydrogens is 467 g/mol. The number of aromatic carboxylic acids is 1. The van der Waals surface area contributed by atoms with Crippen molar-refractivity contribution < 1.29 is 19.1 Å². The van der Waals surface area contributed by atoms with Gasteiger partial charge in [0.25, 0.3) is 11.9 Å². The number of carboxylic acids is 1. The molecule has 1 aromatic heterocycles. The molecule has 0 spiro atoms. The summed E-state index contributed by atoms with van der Waals surface area (Å²) in [6.45, 7) is 1.59. The molecule has 8 nitrogen and oxygen atoms in total. The zero-order valence-electron chi connectivity index (χ0n) is 17.2. The predicted octanol–water partition coefficient (Wildman–Crippen LogP) is 5.14. The first-order valence-corrected chi connectivity index (χ1v) is 10.5. The van der Waals surface area contributed by atoms with E-state index in [4.69, 9.17) is 38.5 Å². The quantitative estimate of drug-likeness (QED) is 0.278. The Kier molecular flexibility index (Phi) is 5.99. The van der Waals surface area contributed by atoms with Crippen LogP contribution in [0.1, 0.15) is 33.2 Å². The normalized spacial score (nSPS) is 12.8. The molecule has 0 saturated carbocycles. The summed E-state index contributed by atoms with van der Waals surface area (Å²) in [6, 6.07) is 16.1. The highest BCUT2D eigenvalue weighted by molar-refractivity contribution is 6.32. The maximum atomic E-state index is 13.1. The fourth-order valence-electron chi connectivity index (χ4n) is 3.21. The maximum absolute atomic E-state index is 13.1. The van der Waals surface area contributed by atoms with E-state index in [1.54, 1.807) is 49.4 Å². The third kappa shape index (κ3) is 4.93. The van der Waals surface area contributed by atoms with Crippen molar-refractivity contribution in [2.75, 3.05) is 5.32 Å². The van der Waals surface area contributed by atoms with Crippen molar-refractivity contribution in [1.29, 1.82) is 0 Å². The van der Waals surface area contributed by atoms with Gasteiger partial charge in [-0.1, -0.05) is 35.3 Å². The summed E-state index contributed by atoms with van der Waals surface area (Å²) < 4.78 is 5.79. The molecule has 4 aromatic rings. The number of anilines is 2. The number of halogens is 2. The summed E-state index contributed by atoms with van der Waals surface area (Å²) in [4.78, 5) is 28.5. The van der Waals surface area contributed by atoms with E-state index in [0.29, 0.717) is 26.8 Å². The Morgan fingerprint density at radius 1 is 1.03 bits per heavy atom. The Bertz CT molecular complexity index is 1350. The van der Waals surface area contributed by atoms with Crippen LogP contribution >= 0.6 is 23.2 Å². The zero-order chi connectivity index (χ0) is 23.8. The smallest absolute Gasteiger partial charge is 0.335 e. The second-order valence-electron chi connectivity index (χ2n) is 7.49. The first-order chi connectivity index (χ1) is 15.6. The van der Waals surface area contributed by atoms with Crippen molar-refractivity contribution in [3.63, 3.8) is 0 Å². The van der Waals surface area contributed by atoms with Gasteiger partial charge in [-0.2, -0.15) is 4.98 Å². The van der Waals surface area contributed by atoms with Gasteiger partial charge in [0.2, 0.25) is 0 Å². The van der Waals surface area contributed by atoms with Crippen LogP contribution in [0.2, 0.25) is 10.0 Å². The molecule has 168 valence electrons. The second-order valence-corrected chi connectivity index (χ2v) is 8.36. The molecule has 0 aliphatic carbocycles. The monoisotopic (exact) mass is 484 g/mol. The van der Waals surface area contributed by atoms with E-state index in [0.717, 1.165) is 0 Å². The van der Waals surface area contributed by atoms with Crippen molar-refractivity contribution >= 4 is 57.9 Å². The van der Waals surface area contributed by atoms with E-state index in [-0.39, 0.29) is 22.7 Å². The lowest BCUT2D eigenvalue weighted by Crippen LogP contribution is -2.50. The number of benzene rings is 3. The van der Waals surface area contributed by atoms with Crippen molar-refractivity contribution in [2.45, 2.75) is 12.6 Å². The highest BCUT2D eigenvalue weighted by atomic mass is 35.5. The average molecular weight is 485 g/mol. The van der Waals surface area contributed by atoms with Crippen LogP contribution in [0, 0.1) is 0 Å². The third-order valence-corrected chi connectivity index (χ3v) is 5.37. The van der Waals surface area contributed by atoms with Crippen LogP contribution in [0.15, 0.2) is 65.1 Å². The maximum Gasteiger partial charge on any atom is 0.335 e. The number of nitrogens with one attached hydrogen (secondary N) is 2. The van der Waals surface area contributed by atoms with Crippen molar-refractivity contribution in [3.8, 4) is 0 Å². The van der Waals surface area contributed by atoms with Gasteiger partial charge >= 0.3 is 5.97 Å². The van der Waals surface area contributed by atoms with Gasteiger partial charge in [-0.05, 0) is 61.0 Å². The molecule has 0 aliphatic heterocycles. The fraction of sp³-hybridized carbons (Fsp3) is 0.0870. The minimum Gasteiger partial charge on any atom is -0.478 e. The molecule has 3 aromatic carbocycles. The van der Waals surface area contributed by atoms with Gasteiger partial charge in [0.1, 0.15) is 11.2 Å². The van der Waals surface area contributed by atoms with Gasteiger partial charge in [0.05, 0.1) is 11.1 Å². The lowest BCUT2D eigenvalue weighted by atomic mass is 10.00. The molecule has 0 radical (unpaired) electrons. The lowest BCUT2D eigenvalue weighted by Gasteiger charge is -2.27. The molecule has 10 heteroatoms. The first kappa shape index (κ1) is 22.6. The summed E-state index contributed by atoms with van der Waals surface area (Å²) in [5, 5.41) is 15.7. The van der Waals surface area contributed by atoms with Crippen LogP contribution in [0.4, 0.5) is 11.7 Å². The summed E-state index contributed by atoms with van der Waals surface area (Å²) >= 11 is 12.1. The highest BCUT2D eigenvalue weighted by Gasteiger charge is 2.27. The van der Waals surface area contributed by atoms with Gasteiger partial charge in [-0.3, -0.25) is 4.79 Å². The molecule has 1 unspecified atom stereocenters. The number of rotatable bonds is 6. The Labute approximate surface area is 198 Å². The van der Waals surface area contributed by atoms with Gasteiger partial charge in [-0.15, -0.1) is 0 Å². The van der Waals surface area contributed by atoms with Crippen LogP contribution < -0.4 is 16.4 Å². The van der Waals surface area contributed by atoms with Crippen LogP contribution in [-0.4, -0.2) is 22.0 Å². The molecule has 1 atom stereocenters. The SMILES string of the molecule is CC(N)(NC(=O)c1cc(Cl)cc2nc(Nc3ccc(Cl)cc3)oc12)c1ccc(C(=O)O)cc1. The Balaban J connectivity index is 1.62. The van der Waals surface area contributed by atoms with Crippen molar-refractivity contribution in [3.05, 3.63) is 87.4 Å². The Morgan fingerprint density at radius 3 is 2.33 bits per heavy atom. The summed E-state index contributed by atoms with van der Waals surface area (Å²) in [7, 11) is 0. The fourth-order valence-corrected chi connectivity index (χ4v) is 3.55. The topological polar surface area (TPSA) is 130 Å². The Hall–Kier alpha value is -3.59. The van der Waals surface area contributed by atoms with Crippen molar-refractivity contribution in [2.24, 2.45) is 5.73 Å². The molecular formula is C23H18Cl2N4O4. The zero-order valence-corrected chi connectivity index (χ0v) is 18.7. The number of carbonyl (C=O) groups is 2. The van der Waals surface area contributed by atoms with E-state index in [1.165, 1.54) is 18.2 Å². The number of carboxylic acid groups (broad SMARTS) is 1. The minimum atomic E-state index is -1.30. The molecule has 1 heterocycles. The molecule has 0 fully saturated rings. The molecule has 33 heavy (non-hydrogen) atoms. The summed E-state index contributed by atoms with van der Waals surface area (Å²) in [6.07, 6.45) is 0. The molecule has 0 bridgehead atoms. The largest absolute Gasteiger partial charge is 0.478 e. The van der Waals surface area contributed by atoms with Crippen LogP contribution in [-0.2, 0) is 5.66 Å². The highest BCUT2D eigenvalue weighted by Crippen LogP contribution is 2.29. The van der Waals surface area contributed by atoms with E-state index < -0.39 is 17.5 Å². The number of nitrogens with zero attached hydrogens (tertiary/aromatic N) is 1. The number of hydrogen-bond donors (Lipinski definition) is 4. The van der Waals surface area contributed by atoms with Gasteiger partial charge in [0.15, 0.2) is 5.58 Å². The van der Waals surface area contributed by atoms with Crippen molar-refractivity contribution in [1.82, 2.24) is 10.3 Å². The van der Waals surface area contributed by atoms with Crippen LogP contribution in [0.3, 0.4) is 0 Å². The number of amides is 1. The van der Waals surface area contributed by atoms with Crippen LogP contribution in [0.25, 0.3) is 11.1 Å². The molecule has 0 saturated heterocycles. The number of oxazole rings is 1. The molecule has 0 aliphatic rings. The van der Waals surface area contributed by atoms with E-state index in [2.05, 4.69) is 15.6 Å². The summed E-state index contributed by atoms with van der Waals surface area (Å²) in [5.41, 5.74) is 7.10. The van der Waals surface area contributed by atoms with E-state index in [1.807, 2.05) is 0 Å². The average Bonchev–Trinajstić information content (AvgIpc) is 3.16. The second kappa shape index (κ2) is 8.74. The van der Waals surface area contributed by atoms with Gasteiger partial charge in [0, 0.05) is 15.7 Å². The number of aromatic nitrogens is 1. The third-order valence-electron chi connectivity index (χ3n) is 4.90. The minimum absolute atomic E-state index is 0.111. The first-order valence-electron chi connectivity index (χ1n) is 9.70. The van der Waals surface area contributed by atoms with E-state index in [9.17, 15) is 9.59 Å². The number of nitrogens with two attached hydrogens (primary N) is 1. The molecule has 5 N–H and O–H groups in total. The standard InChI is InChI=1S/C23H18Cl2N4O4/c1-23(26,13-4-2-12(3-5-13)21(31)32)29-20(30)17-10-15(25)11-18-19(17)33-22(28-18)27-16-8-6-14(24)7-9-16/h2-11H,26H2,1H3,(H,27,28)(H,29,30)(H,31,32). The van der Waals surface area contributed by atoms with Gasteiger partial charge < -0.3 is 25.9 Å². The molecule has 4 rings (SSSR count). The predicted molar refractivity (Wildman–Crippen MR) is 126 cm³/mol. The lowest BCUT2D eigenvalue weighted by molar-refractivity contribution is 0.0696. The molecule has 1 amide bonds. The van der Waals surface area contributed by atoms with E-state index >= 15 is 0 Å². The van der Waals surface area contributed by atoms with Gasteiger partial charge in [-0.25, -0.2) is 4.79 Å². The number of fused-ring (bicyclic) bond motifs is 1. The number of hydrogen-bond acceptors (Lipinski definition) is 6.